The predicted molar refractivity (Wildman–Crippen MR) is 107 cm³/mol. The summed E-state index contributed by atoms with van der Waals surface area (Å²) < 4.78 is 45.3. The highest BCUT2D eigenvalue weighted by Gasteiger charge is 2.07. The fourth-order valence-electron chi connectivity index (χ4n) is 2.21. The Balaban J connectivity index is 1.61. The van der Waals surface area contributed by atoms with Crippen LogP contribution >= 0.6 is 11.6 Å². The van der Waals surface area contributed by atoms with Gasteiger partial charge in [0.25, 0.3) is 0 Å². The fourth-order valence-corrected chi connectivity index (χ4v) is 3.14. The summed E-state index contributed by atoms with van der Waals surface area (Å²) >= 11 is 5.80. The van der Waals surface area contributed by atoms with Crippen molar-refractivity contribution < 1.29 is 17.5 Å². The predicted octanol–water partition coefficient (Wildman–Crippen LogP) is 4.76. The number of aromatic nitrogens is 1. The zero-order chi connectivity index (χ0) is 20.0. The zero-order valence-corrected chi connectivity index (χ0v) is 16.1. The van der Waals surface area contributed by atoms with E-state index in [2.05, 4.69) is 9.71 Å². The van der Waals surface area contributed by atoms with Crippen molar-refractivity contribution in [2.75, 3.05) is 0 Å². The summed E-state index contributed by atoms with van der Waals surface area (Å²) in [5.41, 5.74) is 1.38. The van der Waals surface area contributed by atoms with Crippen molar-refractivity contribution in [1.29, 1.82) is 0 Å². The molecule has 2 aromatic carbocycles. The van der Waals surface area contributed by atoms with Gasteiger partial charge in [0.2, 0.25) is 15.9 Å². The maximum atomic E-state index is 12.9. The van der Waals surface area contributed by atoms with Crippen molar-refractivity contribution in [2.24, 2.45) is 0 Å². The molecule has 0 atom stereocenters. The standard InChI is InChI=1S/C20H16ClFN2O3S/c21-17-3-1-15(2-4-17)10-12-28(25,26)24-14-16-9-11-23-20(13-16)27-19-7-5-18(22)6-8-19/h1-13,24H,14H2/b12-10+. The topological polar surface area (TPSA) is 68.3 Å². The summed E-state index contributed by atoms with van der Waals surface area (Å²) in [5.74, 6) is 0.340. The Morgan fingerprint density at radius 3 is 2.50 bits per heavy atom. The van der Waals surface area contributed by atoms with E-state index in [0.29, 0.717) is 21.9 Å². The number of nitrogens with one attached hydrogen (secondary N) is 1. The Labute approximate surface area is 167 Å². The van der Waals surface area contributed by atoms with Crippen LogP contribution in [-0.2, 0) is 16.6 Å². The fraction of sp³-hybridized carbons (Fsp3) is 0.0500. The van der Waals surface area contributed by atoms with Crippen LogP contribution < -0.4 is 9.46 Å². The monoisotopic (exact) mass is 418 g/mol. The Hall–Kier alpha value is -2.74. The number of pyridine rings is 1. The molecule has 0 amide bonds. The lowest BCUT2D eigenvalue weighted by Gasteiger charge is -2.07. The first-order valence-electron chi connectivity index (χ1n) is 8.21. The molecule has 0 aliphatic carbocycles. The first kappa shape index (κ1) is 20.0. The number of rotatable bonds is 7. The van der Waals surface area contributed by atoms with Gasteiger partial charge in [-0.1, -0.05) is 23.7 Å². The molecule has 5 nitrogen and oxygen atoms in total. The molecule has 144 valence electrons. The normalized spacial score (nSPS) is 11.6. The summed E-state index contributed by atoms with van der Waals surface area (Å²) in [5, 5.41) is 1.67. The van der Waals surface area contributed by atoms with Gasteiger partial charge in [0.1, 0.15) is 11.6 Å². The number of nitrogens with zero attached hydrogens (tertiary/aromatic N) is 1. The van der Waals surface area contributed by atoms with E-state index in [-0.39, 0.29) is 18.2 Å². The van der Waals surface area contributed by atoms with Crippen LogP contribution in [0.2, 0.25) is 5.02 Å². The summed E-state index contributed by atoms with van der Waals surface area (Å²) in [6.07, 6.45) is 2.99. The van der Waals surface area contributed by atoms with Gasteiger partial charge in [-0.05, 0) is 59.7 Å². The molecule has 0 saturated heterocycles. The Bertz CT molecular complexity index is 1070. The average Bonchev–Trinajstić information content (AvgIpc) is 2.68. The molecule has 3 aromatic rings. The smallest absolute Gasteiger partial charge is 0.234 e. The molecular formula is C20H16ClFN2O3S. The largest absolute Gasteiger partial charge is 0.439 e. The number of sulfonamides is 1. The van der Waals surface area contributed by atoms with E-state index in [1.165, 1.54) is 36.5 Å². The SMILES string of the molecule is O=S(=O)(/C=C/c1ccc(Cl)cc1)NCc1ccnc(Oc2ccc(F)cc2)c1. The zero-order valence-electron chi connectivity index (χ0n) is 14.5. The van der Waals surface area contributed by atoms with Gasteiger partial charge in [-0.3, -0.25) is 0 Å². The van der Waals surface area contributed by atoms with Gasteiger partial charge < -0.3 is 4.74 Å². The third-order valence-corrected chi connectivity index (χ3v) is 4.92. The molecule has 0 unspecified atom stereocenters. The van der Waals surface area contributed by atoms with E-state index in [9.17, 15) is 12.8 Å². The molecule has 0 spiro atoms. The van der Waals surface area contributed by atoms with E-state index in [0.717, 1.165) is 5.41 Å². The highest BCUT2D eigenvalue weighted by Crippen LogP contribution is 2.20. The minimum absolute atomic E-state index is 0.0651. The summed E-state index contributed by atoms with van der Waals surface area (Å²) in [6, 6.07) is 15.6. The van der Waals surface area contributed by atoms with Crippen molar-refractivity contribution >= 4 is 27.7 Å². The van der Waals surface area contributed by atoms with Gasteiger partial charge in [-0.2, -0.15) is 0 Å². The van der Waals surface area contributed by atoms with Crippen LogP contribution in [0.1, 0.15) is 11.1 Å². The van der Waals surface area contributed by atoms with Gasteiger partial charge in [-0.25, -0.2) is 22.5 Å². The highest BCUT2D eigenvalue weighted by atomic mass is 35.5. The van der Waals surface area contributed by atoms with E-state index in [1.807, 2.05) is 0 Å². The lowest BCUT2D eigenvalue weighted by molar-refractivity contribution is 0.460. The minimum atomic E-state index is -3.63. The van der Waals surface area contributed by atoms with E-state index >= 15 is 0 Å². The van der Waals surface area contributed by atoms with E-state index in [4.69, 9.17) is 16.3 Å². The van der Waals surface area contributed by atoms with Crippen molar-refractivity contribution in [3.63, 3.8) is 0 Å². The van der Waals surface area contributed by atoms with Gasteiger partial charge in [0.05, 0.1) is 0 Å². The lowest BCUT2D eigenvalue weighted by Crippen LogP contribution is -2.20. The average molecular weight is 419 g/mol. The molecule has 0 aliphatic rings. The molecule has 0 bridgehead atoms. The second kappa shape index (κ2) is 8.97. The van der Waals surface area contributed by atoms with Gasteiger partial charge in [0.15, 0.2) is 0 Å². The molecule has 0 fully saturated rings. The number of hydrogen-bond donors (Lipinski definition) is 1. The third-order valence-electron chi connectivity index (χ3n) is 3.62. The van der Waals surface area contributed by atoms with Gasteiger partial charge in [0, 0.05) is 29.2 Å². The maximum absolute atomic E-state index is 12.9. The Morgan fingerprint density at radius 2 is 1.79 bits per heavy atom. The minimum Gasteiger partial charge on any atom is -0.439 e. The van der Waals surface area contributed by atoms with Crippen LogP contribution in [0.25, 0.3) is 6.08 Å². The van der Waals surface area contributed by atoms with Crippen LogP contribution in [-0.4, -0.2) is 13.4 Å². The molecular weight excluding hydrogens is 403 g/mol. The van der Waals surface area contributed by atoms with E-state index < -0.39 is 10.0 Å². The summed E-state index contributed by atoms with van der Waals surface area (Å²) in [7, 11) is -3.63. The lowest BCUT2D eigenvalue weighted by atomic mass is 10.2. The second-order valence-electron chi connectivity index (χ2n) is 5.78. The van der Waals surface area contributed by atoms with Crippen LogP contribution in [0, 0.1) is 5.82 Å². The van der Waals surface area contributed by atoms with Crippen molar-refractivity contribution in [3.05, 3.63) is 94.2 Å². The second-order valence-corrected chi connectivity index (χ2v) is 7.87. The third kappa shape index (κ3) is 6.16. The number of ether oxygens (including phenoxy) is 1. The van der Waals surface area contributed by atoms with Crippen molar-refractivity contribution in [1.82, 2.24) is 9.71 Å². The van der Waals surface area contributed by atoms with Crippen LogP contribution in [0.3, 0.4) is 0 Å². The first-order valence-corrected chi connectivity index (χ1v) is 10.1. The molecule has 0 radical (unpaired) electrons. The molecule has 0 aliphatic heterocycles. The molecule has 8 heteroatoms. The number of benzene rings is 2. The maximum Gasteiger partial charge on any atom is 0.234 e. The molecule has 3 rings (SSSR count). The Morgan fingerprint density at radius 1 is 1.07 bits per heavy atom. The van der Waals surface area contributed by atoms with Gasteiger partial charge >= 0.3 is 0 Å². The molecule has 1 aromatic heterocycles. The van der Waals surface area contributed by atoms with Crippen LogP contribution in [0.4, 0.5) is 4.39 Å². The first-order chi connectivity index (χ1) is 13.4. The van der Waals surface area contributed by atoms with E-state index in [1.54, 1.807) is 36.4 Å². The van der Waals surface area contributed by atoms with Crippen molar-refractivity contribution in [2.45, 2.75) is 6.54 Å². The van der Waals surface area contributed by atoms with Gasteiger partial charge in [-0.15, -0.1) is 0 Å². The Kier molecular flexibility index (Phi) is 6.41. The van der Waals surface area contributed by atoms with Crippen molar-refractivity contribution in [3.8, 4) is 11.6 Å². The summed E-state index contributed by atoms with van der Waals surface area (Å²) in [6.45, 7) is 0.0651. The summed E-state index contributed by atoms with van der Waals surface area (Å²) in [4.78, 5) is 4.07. The molecule has 28 heavy (non-hydrogen) atoms. The molecule has 1 N–H and O–H groups in total. The number of hydrogen-bond acceptors (Lipinski definition) is 4. The quantitative estimate of drug-likeness (QED) is 0.600. The highest BCUT2D eigenvalue weighted by molar-refractivity contribution is 7.92. The molecule has 1 heterocycles. The molecule has 0 saturated carbocycles. The number of halogens is 2. The van der Waals surface area contributed by atoms with Crippen LogP contribution in [0.5, 0.6) is 11.6 Å². The van der Waals surface area contributed by atoms with Crippen LogP contribution in [0.15, 0.2) is 72.3 Å².